The standard InChI is InChI=1S/C14H15FN2O3S2/c1-2-12-16-7-13(21-12)22(18,19)17-14(8-20-9-14)10-5-3-4-6-11(10)15/h3-7,17H,2,8-9H2,1H3. The van der Waals surface area contributed by atoms with E-state index in [1.165, 1.54) is 12.3 Å². The summed E-state index contributed by atoms with van der Waals surface area (Å²) in [7, 11) is -3.77. The molecule has 0 aliphatic carbocycles. The van der Waals surface area contributed by atoms with Crippen molar-refractivity contribution in [2.24, 2.45) is 0 Å². The molecule has 22 heavy (non-hydrogen) atoms. The second-order valence-corrected chi connectivity index (χ2v) is 8.11. The minimum absolute atomic E-state index is 0.104. The first-order valence-corrected chi connectivity index (χ1v) is 9.08. The van der Waals surface area contributed by atoms with Gasteiger partial charge >= 0.3 is 0 Å². The van der Waals surface area contributed by atoms with E-state index >= 15 is 0 Å². The Bertz CT molecular complexity index is 785. The average Bonchev–Trinajstić information content (AvgIpc) is 2.94. The SMILES string of the molecule is CCc1ncc(S(=O)(=O)NC2(c3ccccc3F)COC2)s1. The highest BCUT2D eigenvalue weighted by atomic mass is 32.2. The van der Waals surface area contributed by atoms with E-state index in [4.69, 9.17) is 4.74 Å². The summed E-state index contributed by atoms with van der Waals surface area (Å²) in [5.74, 6) is -0.452. The molecule has 8 heteroatoms. The van der Waals surface area contributed by atoms with Gasteiger partial charge in [-0.2, -0.15) is 4.72 Å². The van der Waals surface area contributed by atoms with Crippen LogP contribution in [0.3, 0.4) is 0 Å². The van der Waals surface area contributed by atoms with Crippen LogP contribution in [0.1, 0.15) is 17.5 Å². The van der Waals surface area contributed by atoms with Crippen molar-refractivity contribution in [3.63, 3.8) is 0 Å². The van der Waals surface area contributed by atoms with Crippen molar-refractivity contribution in [3.8, 4) is 0 Å². The molecule has 1 aliphatic heterocycles. The van der Waals surface area contributed by atoms with Crippen LogP contribution in [0.25, 0.3) is 0 Å². The molecule has 1 N–H and O–H groups in total. The number of rotatable bonds is 5. The summed E-state index contributed by atoms with van der Waals surface area (Å²) in [6.45, 7) is 2.11. The largest absolute Gasteiger partial charge is 0.377 e. The van der Waals surface area contributed by atoms with Crippen LogP contribution in [0.5, 0.6) is 0 Å². The lowest BCUT2D eigenvalue weighted by Gasteiger charge is -2.41. The third-order valence-corrected chi connectivity index (χ3v) is 6.65. The fourth-order valence-corrected chi connectivity index (χ4v) is 4.79. The first-order valence-electron chi connectivity index (χ1n) is 6.78. The number of thiazole rings is 1. The van der Waals surface area contributed by atoms with Crippen molar-refractivity contribution in [2.75, 3.05) is 13.2 Å². The number of halogens is 1. The molecular weight excluding hydrogens is 327 g/mol. The van der Waals surface area contributed by atoms with Crippen molar-refractivity contribution >= 4 is 21.4 Å². The first-order chi connectivity index (χ1) is 10.5. The van der Waals surface area contributed by atoms with Gasteiger partial charge in [0, 0.05) is 5.56 Å². The minimum atomic E-state index is -3.77. The van der Waals surface area contributed by atoms with Gasteiger partial charge in [-0.15, -0.1) is 11.3 Å². The molecule has 1 saturated heterocycles. The number of aryl methyl sites for hydroxylation is 1. The minimum Gasteiger partial charge on any atom is -0.377 e. The molecular formula is C14H15FN2O3S2. The average molecular weight is 342 g/mol. The summed E-state index contributed by atoms with van der Waals surface area (Å²) in [4.78, 5) is 4.06. The maximum absolute atomic E-state index is 14.0. The van der Waals surface area contributed by atoms with Crippen LogP contribution in [0.2, 0.25) is 0 Å². The zero-order chi connectivity index (χ0) is 15.8. The highest BCUT2D eigenvalue weighted by Crippen LogP contribution is 2.33. The lowest BCUT2D eigenvalue weighted by Crippen LogP contribution is -2.59. The van der Waals surface area contributed by atoms with E-state index < -0.39 is 21.4 Å². The van der Waals surface area contributed by atoms with E-state index in [9.17, 15) is 12.8 Å². The Labute approximate surface area is 132 Å². The number of aromatic nitrogens is 1. The van der Waals surface area contributed by atoms with Crippen molar-refractivity contribution in [1.82, 2.24) is 9.71 Å². The molecule has 0 bridgehead atoms. The molecule has 5 nitrogen and oxygen atoms in total. The van der Waals surface area contributed by atoms with Gasteiger partial charge < -0.3 is 4.74 Å². The summed E-state index contributed by atoms with van der Waals surface area (Å²) in [6.07, 6.45) is 2.00. The Morgan fingerprint density at radius 1 is 1.41 bits per heavy atom. The van der Waals surface area contributed by atoms with Crippen LogP contribution < -0.4 is 4.72 Å². The molecule has 1 aliphatic rings. The van der Waals surface area contributed by atoms with E-state index in [0.29, 0.717) is 12.0 Å². The van der Waals surface area contributed by atoms with Gasteiger partial charge in [0.2, 0.25) is 0 Å². The predicted octanol–water partition coefficient (Wildman–Crippen LogP) is 2.05. The molecule has 1 aromatic heterocycles. The Kier molecular flexibility index (Phi) is 4.02. The van der Waals surface area contributed by atoms with Gasteiger partial charge in [-0.3, -0.25) is 0 Å². The highest BCUT2D eigenvalue weighted by molar-refractivity contribution is 7.91. The monoisotopic (exact) mass is 342 g/mol. The van der Waals surface area contributed by atoms with Crippen molar-refractivity contribution < 1.29 is 17.5 Å². The summed E-state index contributed by atoms with van der Waals surface area (Å²) < 4.78 is 47.0. The number of hydrogen-bond donors (Lipinski definition) is 1. The molecule has 0 amide bonds. The second kappa shape index (κ2) is 5.69. The van der Waals surface area contributed by atoms with Gasteiger partial charge in [-0.05, 0) is 12.5 Å². The number of hydrogen-bond acceptors (Lipinski definition) is 5. The molecule has 0 spiro atoms. The van der Waals surface area contributed by atoms with E-state index in [0.717, 1.165) is 16.3 Å². The molecule has 2 heterocycles. The van der Waals surface area contributed by atoms with Crippen LogP contribution in [-0.2, 0) is 26.7 Å². The summed E-state index contributed by atoms with van der Waals surface area (Å²) in [6, 6.07) is 6.13. The van der Waals surface area contributed by atoms with Crippen LogP contribution in [0.15, 0.2) is 34.7 Å². The molecule has 0 saturated carbocycles. The second-order valence-electron chi connectivity index (χ2n) is 5.09. The fourth-order valence-electron chi connectivity index (χ4n) is 2.31. The lowest BCUT2D eigenvalue weighted by molar-refractivity contribution is -0.0679. The molecule has 0 unspecified atom stereocenters. The number of ether oxygens (including phenoxy) is 1. The molecule has 1 aromatic carbocycles. The van der Waals surface area contributed by atoms with Gasteiger partial charge in [0.05, 0.1) is 24.4 Å². The zero-order valence-electron chi connectivity index (χ0n) is 11.9. The molecule has 3 rings (SSSR count). The maximum Gasteiger partial charge on any atom is 0.252 e. The number of nitrogens with zero attached hydrogens (tertiary/aromatic N) is 1. The van der Waals surface area contributed by atoms with Crippen molar-refractivity contribution in [1.29, 1.82) is 0 Å². The fraction of sp³-hybridized carbons (Fsp3) is 0.357. The third kappa shape index (κ3) is 2.67. The topological polar surface area (TPSA) is 68.3 Å². The molecule has 1 fully saturated rings. The summed E-state index contributed by atoms with van der Waals surface area (Å²) >= 11 is 1.12. The predicted molar refractivity (Wildman–Crippen MR) is 80.7 cm³/mol. The molecule has 118 valence electrons. The number of nitrogens with one attached hydrogen (secondary N) is 1. The zero-order valence-corrected chi connectivity index (χ0v) is 13.5. The van der Waals surface area contributed by atoms with Gasteiger partial charge in [-0.25, -0.2) is 17.8 Å². The number of sulfonamides is 1. The van der Waals surface area contributed by atoms with Crippen LogP contribution >= 0.6 is 11.3 Å². The van der Waals surface area contributed by atoms with Gasteiger partial charge in [0.15, 0.2) is 4.21 Å². The van der Waals surface area contributed by atoms with E-state index in [1.807, 2.05) is 6.92 Å². The van der Waals surface area contributed by atoms with Crippen LogP contribution in [-0.4, -0.2) is 26.6 Å². The first kappa shape index (κ1) is 15.5. The summed E-state index contributed by atoms with van der Waals surface area (Å²) in [5, 5.41) is 0.741. The van der Waals surface area contributed by atoms with Crippen molar-refractivity contribution in [2.45, 2.75) is 23.1 Å². The Morgan fingerprint density at radius 2 is 2.14 bits per heavy atom. The van der Waals surface area contributed by atoms with Crippen LogP contribution in [0, 0.1) is 5.82 Å². The maximum atomic E-state index is 14.0. The molecule has 0 atom stereocenters. The smallest absolute Gasteiger partial charge is 0.252 e. The number of benzene rings is 1. The lowest BCUT2D eigenvalue weighted by atomic mass is 9.89. The van der Waals surface area contributed by atoms with Crippen LogP contribution in [0.4, 0.5) is 4.39 Å². The Balaban J connectivity index is 1.94. The Morgan fingerprint density at radius 3 is 2.68 bits per heavy atom. The molecule has 0 radical (unpaired) electrons. The molecule has 2 aromatic rings. The van der Waals surface area contributed by atoms with E-state index in [2.05, 4.69) is 9.71 Å². The normalized spacial score (nSPS) is 17.2. The van der Waals surface area contributed by atoms with E-state index in [-0.39, 0.29) is 17.4 Å². The van der Waals surface area contributed by atoms with Gasteiger partial charge in [0.25, 0.3) is 10.0 Å². The Hall–Kier alpha value is -1.35. The quantitative estimate of drug-likeness (QED) is 0.903. The van der Waals surface area contributed by atoms with Gasteiger partial charge in [0.1, 0.15) is 11.4 Å². The highest BCUT2D eigenvalue weighted by Gasteiger charge is 2.46. The third-order valence-electron chi connectivity index (χ3n) is 3.52. The van der Waals surface area contributed by atoms with E-state index in [1.54, 1.807) is 18.2 Å². The van der Waals surface area contributed by atoms with Crippen molar-refractivity contribution in [3.05, 3.63) is 46.9 Å². The summed E-state index contributed by atoms with van der Waals surface area (Å²) in [5.41, 5.74) is -0.759. The van der Waals surface area contributed by atoms with Gasteiger partial charge in [-0.1, -0.05) is 25.1 Å².